The summed E-state index contributed by atoms with van der Waals surface area (Å²) in [5.74, 6) is -1.91. The van der Waals surface area contributed by atoms with E-state index in [0.717, 1.165) is 6.07 Å². The Hall–Kier alpha value is -3.29. The zero-order valence-corrected chi connectivity index (χ0v) is 12.9. The highest BCUT2D eigenvalue weighted by molar-refractivity contribution is 6.05. The van der Waals surface area contributed by atoms with Gasteiger partial charge in [-0.25, -0.2) is 4.39 Å². The number of carbonyl (C=O) groups excluding carboxylic acids is 2. The number of hydrogen-bond donors (Lipinski definition) is 2. The molecule has 2 amide bonds. The van der Waals surface area contributed by atoms with E-state index in [4.69, 9.17) is 0 Å². The lowest BCUT2D eigenvalue weighted by atomic mass is 10.1. The maximum absolute atomic E-state index is 13.9. The Kier molecular flexibility index (Phi) is 4.88. The molecule has 0 aliphatic carbocycles. The van der Waals surface area contributed by atoms with Gasteiger partial charge < -0.3 is 10.6 Å². The van der Waals surface area contributed by atoms with E-state index in [1.54, 1.807) is 6.92 Å². The Balaban J connectivity index is 2.28. The maximum Gasteiger partial charge on any atom is 0.274 e. The smallest absolute Gasteiger partial charge is 0.274 e. The molecule has 0 heterocycles. The molecule has 2 aromatic carbocycles. The number of hydrogen-bond acceptors (Lipinski definition) is 4. The topological polar surface area (TPSA) is 101 Å². The van der Waals surface area contributed by atoms with Gasteiger partial charge in [-0.15, -0.1) is 0 Å². The molecule has 0 unspecified atom stereocenters. The van der Waals surface area contributed by atoms with E-state index in [9.17, 15) is 24.1 Å². The first-order chi connectivity index (χ1) is 11.3. The molecule has 7 nitrogen and oxygen atoms in total. The van der Waals surface area contributed by atoms with Gasteiger partial charge in [-0.3, -0.25) is 19.7 Å². The fourth-order valence-electron chi connectivity index (χ4n) is 2.06. The number of nitrogens with zero attached hydrogens (tertiary/aromatic N) is 1. The molecule has 0 saturated carbocycles. The monoisotopic (exact) mass is 331 g/mol. The number of nitro groups is 1. The predicted octanol–water partition coefficient (Wildman–Crippen LogP) is 3.25. The van der Waals surface area contributed by atoms with Crippen molar-refractivity contribution < 1.29 is 18.9 Å². The molecule has 2 rings (SSSR count). The van der Waals surface area contributed by atoms with Gasteiger partial charge in [0.2, 0.25) is 5.91 Å². The Morgan fingerprint density at radius 2 is 1.71 bits per heavy atom. The Labute approximate surface area is 136 Å². The summed E-state index contributed by atoms with van der Waals surface area (Å²) in [6.07, 6.45) is 0. The zero-order valence-electron chi connectivity index (χ0n) is 12.9. The summed E-state index contributed by atoms with van der Waals surface area (Å²) in [4.78, 5) is 33.6. The first kappa shape index (κ1) is 17.1. The van der Waals surface area contributed by atoms with E-state index in [0.29, 0.717) is 5.56 Å². The van der Waals surface area contributed by atoms with Gasteiger partial charge in [0.15, 0.2) is 0 Å². The summed E-state index contributed by atoms with van der Waals surface area (Å²) in [5.41, 5.74) is 0.437. The summed E-state index contributed by atoms with van der Waals surface area (Å²) in [6, 6.07) is 7.73. The maximum atomic E-state index is 13.9. The lowest BCUT2D eigenvalue weighted by Gasteiger charge is -2.09. The molecule has 0 saturated heterocycles. The molecule has 2 aromatic rings. The molecule has 0 spiro atoms. The molecule has 0 fully saturated rings. The summed E-state index contributed by atoms with van der Waals surface area (Å²) in [5, 5.41) is 15.8. The SMILES string of the molecule is CC(=O)Nc1ccc(F)c(C(=O)Nc2ccc(C)c([N+](=O)[O-])c2)c1. The molecule has 0 radical (unpaired) electrons. The normalized spacial score (nSPS) is 10.1. The first-order valence-electron chi connectivity index (χ1n) is 6.91. The molecule has 24 heavy (non-hydrogen) atoms. The van der Waals surface area contributed by atoms with Crippen molar-refractivity contribution in [1.82, 2.24) is 0 Å². The number of benzene rings is 2. The largest absolute Gasteiger partial charge is 0.326 e. The molecule has 0 aliphatic rings. The molecular formula is C16H14FN3O4. The molecule has 2 N–H and O–H groups in total. The third-order valence-electron chi connectivity index (χ3n) is 3.20. The van der Waals surface area contributed by atoms with Crippen LogP contribution in [0.4, 0.5) is 21.5 Å². The second-order valence-electron chi connectivity index (χ2n) is 5.09. The quantitative estimate of drug-likeness (QED) is 0.663. The number of halogens is 1. The minimum Gasteiger partial charge on any atom is -0.326 e. The Morgan fingerprint density at radius 1 is 1.08 bits per heavy atom. The first-order valence-corrected chi connectivity index (χ1v) is 6.91. The van der Waals surface area contributed by atoms with Crippen LogP contribution in [-0.2, 0) is 4.79 Å². The highest BCUT2D eigenvalue weighted by Gasteiger charge is 2.16. The molecule has 124 valence electrons. The van der Waals surface area contributed by atoms with Crippen LogP contribution in [0.15, 0.2) is 36.4 Å². The van der Waals surface area contributed by atoms with E-state index in [2.05, 4.69) is 10.6 Å². The van der Waals surface area contributed by atoms with Gasteiger partial charge >= 0.3 is 0 Å². The van der Waals surface area contributed by atoms with E-state index in [1.807, 2.05) is 0 Å². The molecule has 0 atom stereocenters. The van der Waals surface area contributed by atoms with Gasteiger partial charge in [0, 0.05) is 29.9 Å². The fourth-order valence-corrected chi connectivity index (χ4v) is 2.06. The van der Waals surface area contributed by atoms with Crippen molar-refractivity contribution in [3.05, 3.63) is 63.5 Å². The molecule has 8 heteroatoms. The zero-order chi connectivity index (χ0) is 17.9. The summed E-state index contributed by atoms with van der Waals surface area (Å²) in [7, 11) is 0. The van der Waals surface area contributed by atoms with E-state index < -0.39 is 16.6 Å². The van der Waals surface area contributed by atoms with Crippen LogP contribution in [-0.4, -0.2) is 16.7 Å². The van der Waals surface area contributed by atoms with Gasteiger partial charge in [0.25, 0.3) is 11.6 Å². The van der Waals surface area contributed by atoms with E-state index in [1.165, 1.54) is 37.3 Å². The van der Waals surface area contributed by atoms with Crippen LogP contribution < -0.4 is 10.6 Å². The van der Waals surface area contributed by atoms with Crippen molar-refractivity contribution in [3.63, 3.8) is 0 Å². The van der Waals surface area contributed by atoms with Crippen molar-refractivity contribution in [2.45, 2.75) is 13.8 Å². The molecule has 0 aliphatic heterocycles. The Morgan fingerprint density at radius 3 is 2.33 bits per heavy atom. The van der Waals surface area contributed by atoms with Crippen LogP contribution in [0.2, 0.25) is 0 Å². The van der Waals surface area contributed by atoms with Crippen molar-refractivity contribution in [2.24, 2.45) is 0 Å². The number of aryl methyl sites for hydroxylation is 1. The summed E-state index contributed by atoms with van der Waals surface area (Å²) >= 11 is 0. The van der Waals surface area contributed by atoms with Gasteiger partial charge in [0.1, 0.15) is 5.82 Å². The average Bonchev–Trinajstić information content (AvgIpc) is 2.50. The van der Waals surface area contributed by atoms with Crippen LogP contribution in [0.3, 0.4) is 0 Å². The van der Waals surface area contributed by atoms with Crippen molar-refractivity contribution in [1.29, 1.82) is 0 Å². The number of rotatable bonds is 4. The number of nitrogens with one attached hydrogen (secondary N) is 2. The standard InChI is InChI=1S/C16H14FN3O4/c1-9-3-4-12(8-15(9)20(23)24)19-16(22)13-7-11(18-10(2)21)5-6-14(13)17/h3-8H,1-2H3,(H,18,21)(H,19,22). The lowest BCUT2D eigenvalue weighted by Crippen LogP contribution is -2.15. The van der Waals surface area contributed by atoms with Crippen molar-refractivity contribution >= 4 is 28.9 Å². The predicted molar refractivity (Wildman–Crippen MR) is 86.5 cm³/mol. The van der Waals surface area contributed by atoms with Crippen LogP contribution in [0.25, 0.3) is 0 Å². The minimum absolute atomic E-state index is 0.153. The summed E-state index contributed by atoms with van der Waals surface area (Å²) < 4.78 is 13.9. The van der Waals surface area contributed by atoms with Crippen molar-refractivity contribution in [3.8, 4) is 0 Å². The highest BCUT2D eigenvalue weighted by atomic mass is 19.1. The lowest BCUT2D eigenvalue weighted by molar-refractivity contribution is -0.385. The minimum atomic E-state index is -0.780. The summed E-state index contributed by atoms with van der Waals surface area (Å²) in [6.45, 7) is 2.86. The van der Waals surface area contributed by atoms with Crippen LogP contribution in [0, 0.1) is 22.9 Å². The van der Waals surface area contributed by atoms with Crippen molar-refractivity contribution in [2.75, 3.05) is 10.6 Å². The average molecular weight is 331 g/mol. The number of nitro benzene ring substituents is 1. The Bertz CT molecular complexity index is 836. The number of amides is 2. The second-order valence-corrected chi connectivity index (χ2v) is 5.09. The van der Waals surface area contributed by atoms with E-state index in [-0.39, 0.29) is 28.5 Å². The highest BCUT2D eigenvalue weighted by Crippen LogP contribution is 2.23. The molecular weight excluding hydrogens is 317 g/mol. The molecule has 0 aromatic heterocycles. The third kappa shape index (κ3) is 3.92. The fraction of sp³-hybridized carbons (Fsp3) is 0.125. The third-order valence-corrected chi connectivity index (χ3v) is 3.20. The van der Waals surface area contributed by atoms with Crippen LogP contribution in [0.1, 0.15) is 22.8 Å². The number of anilines is 2. The van der Waals surface area contributed by atoms with Crippen LogP contribution >= 0.6 is 0 Å². The molecule has 0 bridgehead atoms. The number of carbonyl (C=O) groups is 2. The van der Waals surface area contributed by atoms with Crippen LogP contribution in [0.5, 0.6) is 0 Å². The second kappa shape index (κ2) is 6.86. The van der Waals surface area contributed by atoms with E-state index >= 15 is 0 Å². The van der Waals surface area contributed by atoms with Gasteiger partial charge in [-0.05, 0) is 31.2 Å². The van der Waals surface area contributed by atoms with Gasteiger partial charge in [0.05, 0.1) is 10.5 Å². The van der Waals surface area contributed by atoms with Gasteiger partial charge in [-0.1, -0.05) is 6.07 Å². The van der Waals surface area contributed by atoms with Gasteiger partial charge in [-0.2, -0.15) is 0 Å².